The number of ether oxygens (including phenoxy) is 1. The van der Waals surface area contributed by atoms with Crippen LogP contribution >= 0.6 is 0 Å². The highest BCUT2D eigenvalue weighted by Gasteiger charge is 2.11. The highest BCUT2D eigenvalue weighted by molar-refractivity contribution is 5.84. The van der Waals surface area contributed by atoms with Crippen molar-refractivity contribution in [3.8, 4) is 45.1 Å². The van der Waals surface area contributed by atoms with Gasteiger partial charge in [0.1, 0.15) is 30.8 Å². The maximum Gasteiger partial charge on any atom is 0.119 e. The Balaban J connectivity index is 0.000000156. The lowest BCUT2D eigenvalue weighted by molar-refractivity contribution is 0.183. The molecule has 3 heterocycles. The minimum Gasteiger partial charge on any atom is -0.508 e. The molecule has 8 aromatic rings. The lowest BCUT2D eigenvalue weighted by atomic mass is 10.0. The monoisotopic (exact) mass is 683 g/mol. The Hall–Kier alpha value is -6.18. The molecule has 0 aliphatic carbocycles. The summed E-state index contributed by atoms with van der Waals surface area (Å²) in [7, 11) is 0. The predicted octanol–water partition coefficient (Wildman–Crippen LogP) is 9.96. The van der Waals surface area contributed by atoms with Crippen LogP contribution in [0.4, 0.5) is 0 Å². The molecule has 0 bridgehead atoms. The average molecular weight is 684 g/mol. The van der Waals surface area contributed by atoms with Crippen molar-refractivity contribution in [2.75, 3.05) is 26.2 Å². The third-order valence-corrected chi connectivity index (χ3v) is 9.68. The number of nitrogens with zero attached hydrogens (tertiary/aromatic N) is 5. The number of benzene rings is 6. The van der Waals surface area contributed by atoms with Crippen molar-refractivity contribution in [2.24, 2.45) is 0 Å². The fraction of sp³-hybridized carbons (Fsp3) is 0.156. The van der Waals surface area contributed by atoms with Gasteiger partial charge >= 0.3 is 0 Å². The SMILES string of the molecule is Oc1ccc(-c2ccc3c(c2)ncn3-c2ccccc2)cc1.c1ccc(-n2cnc3cc(-c4ccc(OCCN5CCCCC5)cc4)ccc32)cc1. The van der Waals surface area contributed by atoms with Gasteiger partial charge in [0, 0.05) is 17.9 Å². The summed E-state index contributed by atoms with van der Waals surface area (Å²) in [6.07, 6.45) is 7.76. The number of rotatable bonds is 8. The van der Waals surface area contributed by atoms with E-state index in [1.54, 1.807) is 12.1 Å². The van der Waals surface area contributed by atoms with Gasteiger partial charge in [0.2, 0.25) is 0 Å². The van der Waals surface area contributed by atoms with Gasteiger partial charge in [-0.2, -0.15) is 0 Å². The number of piperidine rings is 1. The Morgan fingerprint density at radius 1 is 0.519 bits per heavy atom. The van der Waals surface area contributed by atoms with E-state index in [1.165, 1.54) is 43.5 Å². The zero-order chi connectivity index (χ0) is 35.1. The lowest BCUT2D eigenvalue weighted by Crippen LogP contribution is -2.33. The minimum atomic E-state index is 0.276. The fourth-order valence-corrected chi connectivity index (χ4v) is 6.85. The van der Waals surface area contributed by atoms with E-state index in [1.807, 2.05) is 61.2 Å². The summed E-state index contributed by atoms with van der Waals surface area (Å²) in [5, 5.41) is 9.39. The molecule has 0 amide bonds. The number of phenols is 1. The number of aromatic hydroxyl groups is 1. The number of likely N-dealkylation sites (tertiary alicyclic amines) is 1. The van der Waals surface area contributed by atoms with E-state index in [9.17, 15) is 5.11 Å². The van der Waals surface area contributed by atoms with E-state index >= 15 is 0 Å². The first-order chi connectivity index (χ1) is 25.7. The van der Waals surface area contributed by atoms with Crippen LogP contribution in [-0.2, 0) is 0 Å². The summed E-state index contributed by atoms with van der Waals surface area (Å²) in [4.78, 5) is 11.6. The smallest absolute Gasteiger partial charge is 0.119 e. The molecule has 1 saturated heterocycles. The Kier molecular flexibility index (Phi) is 9.75. The van der Waals surface area contributed by atoms with Crippen molar-refractivity contribution in [3.05, 3.63) is 158 Å². The van der Waals surface area contributed by atoms with Gasteiger partial charge < -0.3 is 9.84 Å². The topological polar surface area (TPSA) is 68.3 Å². The van der Waals surface area contributed by atoms with Crippen molar-refractivity contribution in [1.82, 2.24) is 24.0 Å². The van der Waals surface area contributed by atoms with Crippen LogP contribution in [0.15, 0.2) is 158 Å². The van der Waals surface area contributed by atoms with Crippen LogP contribution in [0.1, 0.15) is 19.3 Å². The van der Waals surface area contributed by atoms with Crippen molar-refractivity contribution in [2.45, 2.75) is 19.3 Å². The normalized spacial score (nSPS) is 13.2. The molecule has 258 valence electrons. The molecular formula is C45H41N5O2. The van der Waals surface area contributed by atoms with Gasteiger partial charge in [-0.25, -0.2) is 9.97 Å². The van der Waals surface area contributed by atoms with Crippen LogP contribution in [-0.4, -0.2) is 55.3 Å². The van der Waals surface area contributed by atoms with Crippen molar-refractivity contribution >= 4 is 22.1 Å². The first-order valence-electron chi connectivity index (χ1n) is 18.0. The molecule has 6 aromatic carbocycles. The third kappa shape index (κ3) is 7.45. The number of fused-ring (bicyclic) bond motifs is 2. The first-order valence-corrected chi connectivity index (χ1v) is 18.0. The predicted molar refractivity (Wildman–Crippen MR) is 210 cm³/mol. The van der Waals surface area contributed by atoms with Crippen molar-refractivity contribution < 1.29 is 9.84 Å². The quantitative estimate of drug-likeness (QED) is 0.173. The largest absolute Gasteiger partial charge is 0.508 e. The van der Waals surface area contributed by atoms with Crippen LogP contribution in [0.2, 0.25) is 0 Å². The Morgan fingerprint density at radius 2 is 1.00 bits per heavy atom. The summed E-state index contributed by atoms with van der Waals surface area (Å²) in [6.45, 7) is 4.19. The molecule has 1 aliphatic rings. The molecule has 0 atom stereocenters. The van der Waals surface area contributed by atoms with Crippen LogP contribution in [0.5, 0.6) is 11.5 Å². The van der Waals surface area contributed by atoms with Crippen LogP contribution < -0.4 is 4.74 Å². The van der Waals surface area contributed by atoms with Crippen LogP contribution in [0.3, 0.4) is 0 Å². The number of imidazole rings is 2. The first kappa shape index (κ1) is 33.0. The third-order valence-electron chi connectivity index (χ3n) is 9.68. The maximum absolute atomic E-state index is 9.39. The number of hydrogen-bond acceptors (Lipinski definition) is 5. The molecule has 7 nitrogen and oxygen atoms in total. The summed E-state index contributed by atoms with van der Waals surface area (Å²) in [5.41, 5.74) is 10.9. The summed E-state index contributed by atoms with van der Waals surface area (Å²) in [6, 6.07) is 48.8. The average Bonchev–Trinajstić information content (AvgIpc) is 3.84. The molecule has 0 radical (unpaired) electrons. The Labute approximate surface area is 304 Å². The molecule has 52 heavy (non-hydrogen) atoms. The lowest BCUT2D eigenvalue weighted by Gasteiger charge is -2.26. The number of hydrogen-bond donors (Lipinski definition) is 1. The second kappa shape index (κ2) is 15.4. The summed E-state index contributed by atoms with van der Waals surface area (Å²) < 4.78 is 10.2. The maximum atomic E-state index is 9.39. The summed E-state index contributed by atoms with van der Waals surface area (Å²) in [5.74, 6) is 1.21. The summed E-state index contributed by atoms with van der Waals surface area (Å²) >= 11 is 0. The zero-order valence-corrected chi connectivity index (χ0v) is 29.1. The van der Waals surface area contributed by atoms with E-state index in [4.69, 9.17) is 4.74 Å². The molecule has 1 aliphatic heterocycles. The van der Waals surface area contributed by atoms with E-state index in [-0.39, 0.29) is 5.75 Å². The van der Waals surface area contributed by atoms with Crippen LogP contribution in [0.25, 0.3) is 55.7 Å². The second-order valence-electron chi connectivity index (χ2n) is 13.1. The zero-order valence-electron chi connectivity index (χ0n) is 29.1. The number of aromatic nitrogens is 4. The van der Waals surface area contributed by atoms with Crippen LogP contribution in [0, 0.1) is 0 Å². The second-order valence-corrected chi connectivity index (χ2v) is 13.1. The Morgan fingerprint density at radius 3 is 1.52 bits per heavy atom. The molecule has 0 spiro atoms. The van der Waals surface area contributed by atoms with Crippen molar-refractivity contribution in [3.63, 3.8) is 0 Å². The van der Waals surface area contributed by atoms with Crippen molar-refractivity contribution in [1.29, 1.82) is 0 Å². The molecule has 1 fully saturated rings. The molecular weight excluding hydrogens is 643 g/mol. The molecule has 7 heteroatoms. The molecule has 1 N–H and O–H groups in total. The standard InChI is InChI=1S/C26H27N3O.C19H14N2O/c1-3-7-23(8-4-1)29-20-27-25-19-22(11-14-26(25)29)21-9-12-24(13-10-21)30-18-17-28-15-5-2-6-16-28;22-17-9-6-14(7-10-17)15-8-11-19-18(12-15)20-13-21(19)16-4-2-1-3-5-16/h1,3-4,7-14,19-20H,2,5-6,15-18H2;1-13,22H. The highest BCUT2D eigenvalue weighted by atomic mass is 16.5. The van der Waals surface area contributed by atoms with E-state index < -0.39 is 0 Å². The van der Waals surface area contributed by atoms with Gasteiger partial charge in [-0.1, -0.05) is 79.2 Å². The van der Waals surface area contributed by atoms with E-state index in [0.717, 1.165) is 63.5 Å². The molecule has 0 saturated carbocycles. The number of para-hydroxylation sites is 2. The molecule has 0 unspecified atom stereocenters. The molecule has 2 aromatic heterocycles. The fourth-order valence-electron chi connectivity index (χ4n) is 6.85. The Bertz CT molecular complexity index is 2360. The van der Waals surface area contributed by atoms with Gasteiger partial charge in [0.05, 0.1) is 22.1 Å². The van der Waals surface area contributed by atoms with E-state index in [0.29, 0.717) is 0 Å². The minimum absolute atomic E-state index is 0.276. The van der Waals surface area contributed by atoms with E-state index in [2.05, 4.69) is 109 Å². The highest BCUT2D eigenvalue weighted by Crippen LogP contribution is 2.28. The molecule has 9 rings (SSSR count). The van der Waals surface area contributed by atoms with Gasteiger partial charge in [-0.05, 0) is 121 Å². The van der Waals surface area contributed by atoms with Gasteiger partial charge in [0.25, 0.3) is 0 Å². The van der Waals surface area contributed by atoms with Gasteiger partial charge in [-0.3, -0.25) is 14.0 Å². The van der Waals surface area contributed by atoms with Gasteiger partial charge in [-0.15, -0.1) is 0 Å². The number of phenolic OH excluding ortho intramolecular Hbond substituents is 1. The van der Waals surface area contributed by atoms with Gasteiger partial charge in [0.15, 0.2) is 0 Å².